The van der Waals surface area contributed by atoms with Crippen molar-refractivity contribution >= 4 is 34.9 Å². The van der Waals surface area contributed by atoms with Gasteiger partial charge in [-0.05, 0) is 18.2 Å². The maximum Gasteiger partial charge on any atom is 0.322 e. The lowest BCUT2D eigenvalue weighted by atomic mass is 10.3. The van der Waals surface area contributed by atoms with Gasteiger partial charge in [0.05, 0.1) is 6.54 Å². The van der Waals surface area contributed by atoms with E-state index in [-0.39, 0.29) is 23.6 Å². The standard InChI is InChI=1S/C13H12Cl2N2O/c1-2-9-17(10-8-12(14)15)13(18)16-11-6-4-3-5-7-11/h1,3-8H,9-10H2,(H,16,18). The molecule has 0 aliphatic rings. The number of halogens is 2. The van der Waals surface area contributed by atoms with Gasteiger partial charge in [0.25, 0.3) is 0 Å². The molecule has 0 spiro atoms. The van der Waals surface area contributed by atoms with Crippen molar-refractivity contribution in [3.8, 4) is 12.3 Å². The van der Waals surface area contributed by atoms with Crippen LogP contribution in [-0.4, -0.2) is 24.0 Å². The highest BCUT2D eigenvalue weighted by molar-refractivity contribution is 6.55. The number of nitrogens with one attached hydrogen (secondary N) is 1. The number of benzene rings is 1. The van der Waals surface area contributed by atoms with E-state index in [0.29, 0.717) is 5.69 Å². The zero-order valence-corrected chi connectivity index (χ0v) is 11.1. The molecule has 3 nitrogen and oxygen atoms in total. The Balaban J connectivity index is 2.66. The largest absolute Gasteiger partial charge is 0.322 e. The molecule has 0 aliphatic heterocycles. The molecular formula is C13H12Cl2N2O. The van der Waals surface area contributed by atoms with Crippen molar-refractivity contribution < 1.29 is 4.79 Å². The summed E-state index contributed by atoms with van der Waals surface area (Å²) >= 11 is 11.0. The third-order valence-corrected chi connectivity index (χ3v) is 2.37. The van der Waals surface area contributed by atoms with Crippen LogP contribution in [0.3, 0.4) is 0 Å². The van der Waals surface area contributed by atoms with E-state index in [9.17, 15) is 4.79 Å². The zero-order valence-electron chi connectivity index (χ0n) is 9.57. The molecule has 0 saturated heterocycles. The number of terminal acetylenes is 1. The Kier molecular flexibility index (Phi) is 6.13. The van der Waals surface area contributed by atoms with Crippen LogP contribution in [-0.2, 0) is 0 Å². The molecule has 18 heavy (non-hydrogen) atoms. The minimum absolute atomic E-state index is 0.101. The number of hydrogen-bond acceptors (Lipinski definition) is 1. The second kappa shape index (κ2) is 7.65. The molecule has 1 N–H and O–H groups in total. The summed E-state index contributed by atoms with van der Waals surface area (Å²) in [6.07, 6.45) is 6.71. The number of anilines is 1. The van der Waals surface area contributed by atoms with Crippen LogP contribution >= 0.6 is 23.2 Å². The normalized spacial score (nSPS) is 9.17. The van der Waals surface area contributed by atoms with Crippen LogP contribution in [0.4, 0.5) is 10.5 Å². The fourth-order valence-electron chi connectivity index (χ4n) is 1.23. The average molecular weight is 283 g/mol. The Hall–Kier alpha value is -1.63. The maximum atomic E-state index is 11.9. The smallest absolute Gasteiger partial charge is 0.310 e. The molecule has 0 bridgehead atoms. The summed E-state index contributed by atoms with van der Waals surface area (Å²) in [6, 6.07) is 8.80. The molecule has 1 rings (SSSR count). The topological polar surface area (TPSA) is 32.3 Å². The molecule has 0 aromatic heterocycles. The Morgan fingerprint density at radius 2 is 2.06 bits per heavy atom. The van der Waals surface area contributed by atoms with Gasteiger partial charge >= 0.3 is 6.03 Å². The van der Waals surface area contributed by atoms with Crippen LogP contribution in [0.5, 0.6) is 0 Å². The van der Waals surface area contributed by atoms with Gasteiger partial charge in [-0.3, -0.25) is 0 Å². The molecule has 0 unspecified atom stereocenters. The summed E-state index contributed by atoms with van der Waals surface area (Å²) < 4.78 is 0.101. The number of amides is 2. The molecule has 2 amide bonds. The molecular weight excluding hydrogens is 271 g/mol. The van der Waals surface area contributed by atoms with Gasteiger partial charge in [0.2, 0.25) is 0 Å². The van der Waals surface area contributed by atoms with Gasteiger partial charge in [-0.2, -0.15) is 0 Å². The minimum atomic E-state index is -0.301. The number of carbonyl (C=O) groups is 1. The molecule has 1 aromatic rings. The van der Waals surface area contributed by atoms with Crippen molar-refractivity contribution in [3.05, 3.63) is 40.9 Å². The summed E-state index contributed by atoms with van der Waals surface area (Å²) in [5, 5.41) is 2.73. The second-order valence-electron chi connectivity index (χ2n) is 3.37. The summed E-state index contributed by atoms with van der Waals surface area (Å²) in [6.45, 7) is 0.432. The van der Waals surface area contributed by atoms with Gasteiger partial charge in [-0.1, -0.05) is 47.3 Å². The molecule has 0 radical (unpaired) electrons. The molecule has 5 heteroatoms. The number of nitrogens with zero attached hydrogens (tertiary/aromatic N) is 1. The van der Waals surface area contributed by atoms with Crippen LogP contribution < -0.4 is 5.32 Å². The van der Waals surface area contributed by atoms with Gasteiger partial charge < -0.3 is 10.2 Å². The SMILES string of the molecule is C#CCN(CC=C(Cl)Cl)C(=O)Nc1ccccc1. The number of rotatable bonds is 4. The Labute approximate surface area is 116 Å². The third-order valence-electron chi connectivity index (χ3n) is 2.06. The van der Waals surface area contributed by atoms with E-state index in [4.69, 9.17) is 29.6 Å². The Morgan fingerprint density at radius 1 is 1.39 bits per heavy atom. The van der Waals surface area contributed by atoms with Crippen molar-refractivity contribution in [1.82, 2.24) is 4.90 Å². The van der Waals surface area contributed by atoms with E-state index in [1.165, 1.54) is 11.0 Å². The van der Waals surface area contributed by atoms with Crippen molar-refractivity contribution in [3.63, 3.8) is 0 Å². The van der Waals surface area contributed by atoms with E-state index in [1.54, 1.807) is 12.1 Å². The quantitative estimate of drug-likeness (QED) is 0.843. The summed E-state index contributed by atoms with van der Waals surface area (Å²) in [4.78, 5) is 13.3. The van der Waals surface area contributed by atoms with Crippen LogP contribution in [0.25, 0.3) is 0 Å². The lowest BCUT2D eigenvalue weighted by molar-refractivity contribution is 0.222. The number of hydrogen-bond donors (Lipinski definition) is 1. The molecule has 94 valence electrons. The number of carbonyl (C=O) groups excluding carboxylic acids is 1. The monoisotopic (exact) mass is 282 g/mol. The van der Waals surface area contributed by atoms with Crippen LogP contribution in [0, 0.1) is 12.3 Å². The van der Waals surface area contributed by atoms with E-state index in [1.807, 2.05) is 18.2 Å². The first-order chi connectivity index (χ1) is 8.63. The first-order valence-electron chi connectivity index (χ1n) is 5.19. The van der Waals surface area contributed by atoms with Crippen molar-refractivity contribution in [2.45, 2.75) is 0 Å². The molecule has 0 fully saturated rings. The second-order valence-corrected chi connectivity index (χ2v) is 4.38. The Morgan fingerprint density at radius 3 is 2.61 bits per heavy atom. The number of urea groups is 1. The van der Waals surface area contributed by atoms with Crippen molar-refractivity contribution in [2.24, 2.45) is 0 Å². The highest BCUT2D eigenvalue weighted by Crippen LogP contribution is 2.09. The van der Waals surface area contributed by atoms with Gasteiger partial charge in [0.1, 0.15) is 4.49 Å². The predicted octanol–water partition coefficient (Wildman–Crippen LogP) is 3.47. The van der Waals surface area contributed by atoms with Crippen molar-refractivity contribution in [2.75, 3.05) is 18.4 Å². The number of para-hydroxylation sites is 1. The molecule has 1 aromatic carbocycles. The lowest BCUT2D eigenvalue weighted by Gasteiger charge is -2.19. The third kappa shape index (κ3) is 5.13. The highest BCUT2D eigenvalue weighted by Gasteiger charge is 2.11. The summed E-state index contributed by atoms with van der Waals surface area (Å²) in [5.74, 6) is 2.41. The van der Waals surface area contributed by atoms with Crippen LogP contribution in [0.2, 0.25) is 0 Å². The summed E-state index contributed by atoms with van der Waals surface area (Å²) in [7, 11) is 0. The maximum absolute atomic E-state index is 11.9. The first-order valence-corrected chi connectivity index (χ1v) is 5.94. The Bertz CT molecular complexity index is 462. The average Bonchev–Trinajstić information content (AvgIpc) is 2.35. The molecule has 0 heterocycles. The first kappa shape index (κ1) is 14.4. The fourth-order valence-corrected chi connectivity index (χ4v) is 1.37. The van der Waals surface area contributed by atoms with E-state index in [2.05, 4.69) is 11.2 Å². The predicted molar refractivity (Wildman–Crippen MR) is 75.7 cm³/mol. The minimum Gasteiger partial charge on any atom is -0.310 e. The van der Waals surface area contributed by atoms with E-state index < -0.39 is 0 Å². The zero-order chi connectivity index (χ0) is 13.4. The fraction of sp³-hybridized carbons (Fsp3) is 0.154. The van der Waals surface area contributed by atoms with Gasteiger partial charge in [-0.25, -0.2) is 4.79 Å². The van der Waals surface area contributed by atoms with Crippen LogP contribution in [0.1, 0.15) is 0 Å². The van der Waals surface area contributed by atoms with Crippen molar-refractivity contribution in [1.29, 1.82) is 0 Å². The highest BCUT2D eigenvalue weighted by atomic mass is 35.5. The molecule has 0 aliphatic carbocycles. The van der Waals surface area contributed by atoms with Gasteiger partial charge in [-0.15, -0.1) is 6.42 Å². The lowest BCUT2D eigenvalue weighted by Crippen LogP contribution is -2.35. The van der Waals surface area contributed by atoms with E-state index >= 15 is 0 Å². The van der Waals surface area contributed by atoms with Crippen LogP contribution in [0.15, 0.2) is 40.9 Å². The van der Waals surface area contributed by atoms with Gasteiger partial charge in [0.15, 0.2) is 0 Å². The summed E-state index contributed by atoms with van der Waals surface area (Å²) in [5.41, 5.74) is 0.700. The van der Waals surface area contributed by atoms with Gasteiger partial charge in [0, 0.05) is 12.2 Å². The van der Waals surface area contributed by atoms with E-state index in [0.717, 1.165) is 0 Å². The molecule has 0 saturated carbocycles. The molecule has 0 atom stereocenters.